The molecule has 0 aliphatic rings. The largest absolute Gasteiger partial charge is 0.477 e. The minimum absolute atomic E-state index is 0.129. The fraction of sp³-hybridized carbons (Fsp3) is 0.375. The monoisotopic (exact) mass is 248 g/mol. The number of hydrogen-bond donors (Lipinski definition) is 3. The van der Waals surface area contributed by atoms with Crippen LogP contribution in [0.1, 0.15) is 23.8 Å². The van der Waals surface area contributed by atoms with Crippen molar-refractivity contribution in [2.45, 2.75) is 24.8 Å². The van der Waals surface area contributed by atoms with Crippen LogP contribution in [0, 0.1) is 0 Å². The van der Waals surface area contributed by atoms with Crippen LogP contribution < -0.4 is 4.89 Å². The maximum Gasteiger partial charge on any atom is 0.352 e. The number of hydrogen-bond acceptors (Lipinski definition) is 4. The Morgan fingerprint density at radius 2 is 2.19 bits per heavy atom. The van der Waals surface area contributed by atoms with Crippen LogP contribution in [-0.4, -0.2) is 29.3 Å². The van der Waals surface area contributed by atoms with Crippen molar-refractivity contribution in [3.05, 3.63) is 18.0 Å². The molecule has 0 aliphatic heterocycles. The minimum Gasteiger partial charge on any atom is -0.477 e. The normalized spacial score (nSPS) is 11.6. The molecule has 0 spiro atoms. The molecule has 1 aromatic rings. The zero-order valence-corrected chi connectivity index (χ0v) is 9.36. The lowest BCUT2D eigenvalue weighted by molar-refractivity contribution is 0.0685. The van der Waals surface area contributed by atoms with Gasteiger partial charge in [-0.2, -0.15) is 0 Å². The first-order valence-corrected chi connectivity index (χ1v) is 6.00. The molecule has 0 fully saturated rings. The van der Waals surface area contributed by atoms with Crippen LogP contribution in [0.25, 0.3) is 0 Å². The molecule has 16 heavy (non-hydrogen) atoms. The summed E-state index contributed by atoms with van der Waals surface area (Å²) in [5, 5.41) is 17.3. The maximum atomic E-state index is 11.2. The SMILES string of the molecule is CCCn1cc(S(=O)(=O)NO)cc1C(=O)O. The number of nitrogens with zero attached hydrogens (tertiary/aromatic N) is 1. The van der Waals surface area contributed by atoms with Gasteiger partial charge in [-0.25, -0.2) is 13.2 Å². The molecule has 0 aliphatic carbocycles. The summed E-state index contributed by atoms with van der Waals surface area (Å²) in [6.07, 6.45) is 1.84. The molecule has 0 radical (unpaired) electrons. The second-order valence-electron chi connectivity index (χ2n) is 3.15. The van der Waals surface area contributed by atoms with E-state index in [2.05, 4.69) is 0 Å². The van der Waals surface area contributed by atoms with Gasteiger partial charge in [-0.1, -0.05) is 11.8 Å². The summed E-state index contributed by atoms with van der Waals surface area (Å²) < 4.78 is 23.8. The molecular weight excluding hydrogens is 236 g/mol. The van der Waals surface area contributed by atoms with E-state index in [4.69, 9.17) is 10.3 Å². The minimum atomic E-state index is -4.03. The molecule has 1 heterocycles. The van der Waals surface area contributed by atoms with Gasteiger partial charge in [-0.15, -0.1) is 0 Å². The Kier molecular flexibility index (Phi) is 3.68. The molecular formula is C8H12N2O5S. The van der Waals surface area contributed by atoms with E-state index >= 15 is 0 Å². The smallest absolute Gasteiger partial charge is 0.352 e. The number of aromatic carboxylic acids is 1. The highest BCUT2D eigenvalue weighted by molar-refractivity contribution is 7.89. The van der Waals surface area contributed by atoms with Crippen molar-refractivity contribution in [3.8, 4) is 0 Å². The van der Waals surface area contributed by atoms with Crippen LogP contribution >= 0.6 is 0 Å². The summed E-state index contributed by atoms with van der Waals surface area (Å²) in [7, 11) is -4.03. The molecule has 1 rings (SSSR count). The lowest BCUT2D eigenvalue weighted by Gasteiger charge is -2.02. The third-order valence-electron chi connectivity index (χ3n) is 1.99. The number of nitrogens with one attached hydrogen (secondary N) is 1. The molecule has 7 nitrogen and oxygen atoms in total. The number of carboxylic acid groups (broad SMARTS) is 1. The number of aromatic nitrogens is 1. The van der Waals surface area contributed by atoms with E-state index in [1.54, 1.807) is 0 Å². The van der Waals surface area contributed by atoms with Gasteiger partial charge in [0.15, 0.2) is 0 Å². The van der Waals surface area contributed by atoms with E-state index in [1.807, 2.05) is 6.92 Å². The van der Waals surface area contributed by atoms with Crippen molar-refractivity contribution in [1.82, 2.24) is 9.45 Å². The van der Waals surface area contributed by atoms with Gasteiger partial charge in [-0.05, 0) is 12.5 Å². The van der Waals surface area contributed by atoms with E-state index in [0.717, 1.165) is 11.0 Å². The van der Waals surface area contributed by atoms with Gasteiger partial charge in [-0.3, -0.25) is 0 Å². The van der Waals surface area contributed by atoms with Crippen LogP contribution in [0.3, 0.4) is 0 Å². The number of carboxylic acids is 1. The van der Waals surface area contributed by atoms with Gasteiger partial charge >= 0.3 is 5.97 Å². The quantitative estimate of drug-likeness (QED) is 0.648. The van der Waals surface area contributed by atoms with E-state index in [-0.39, 0.29) is 10.6 Å². The van der Waals surface area contributed by atoms with Crippen molar-refractivity contribution in [1.29, 1.82) is 0 Å². The lowest BCUT2D eigenvalue weighted by atomic mass is 10.4. The van der Waals surface area contributed by atoms with Gasteiger partial charge in [0.1, 0.15) is 10.6 Å². The van der Waals surface area contributed by atoms with Gasteiger partial charge < -0.3 is 14.9 Å². The highest BCUT2D eigenvalue weighted by Crippen LogP contribution is 2.14. The van der Waals surface area contributed by atoms with Crippen LogP contribution in [0.5, 0.6) is 0 Å². The predicted molar refractivity (Wildman–Crippen MR) is 53.8 cm³/mol. The average molecular weight is 248 g/mol. The Balaban J connectivity index is 3.26. The van der Waals surface area contributed by atoms with Gasteiger partial charge in [0.2, 0.25) is 0 Å². The second-order valence-corrected chi connectivity index (χ2v) is 4.82. The Morgan fingerprint density at radius 3 is 2.62 bits per heavy atom. The summed E-state index contributed by atoms with van der Waals surface area (Å²) in [5.74, 6) is -1.21. The Bertz CT molecular complexity index is 491. The predicted octanol–water partition coefficient (Wildman–Crippen LogP) is 0.264. The standard InChI is InChI=1S/C8H12N2O5S/c1-2-3-10-5-6(16(14,15)9-13)4-7(10)8(11)12/h4-5,9,13H,2-3H2,1H3,(H,11,12). The summed E-state index contributed by atoms with van der Waals surface area (Å²) in [6.45, 7) is 2.23. The van der Waals surface area contributed by atoms with Gasteiger partial charge in [0.25, 0.3) is 10.0 Å². The third-order valence-corrected chi connectivity index (χ3v) is 3.07. The van der Waals surface area contributed by atoms with Crippen molar-refractivity contribution >= 4 is 16.0 Å². The molecule has 90 valence electrons. The lowest BCUT2D eigenvalue weighted by Crippen LogP contribution is -2.18. The van der Waals surface area contributed by atoms with E-state index in [0.29, 0.717) is 13.0 Å². The van der Waals surface area contributed by atoms with Gasteiger partial charge in [0.05, 0.1) is 0 Å². The first-order chi connectivity index (χ1) is 7.42. The molecule has 0 unspecified atom stereocenters. The van der Waals surface area contributed by atoms with Crippen molar-refractivity contribution in [2.24, 2.45) is 0 Å². The van der Waals surface area contributed by atoms with Crippen LogP contribution in [0.2, 0.25) is 0 Å². The second kappa shape index (κ2) is 4.64. The summed E-state index contributed by atoms with van der Waals surface area (Å²) in [5.41, 5.74) is -0.129. The number of aryl methyl sites for hydroxylation is 1. The van der Waals surface area contributed by atoms with Crippen LogP contribution in [0.15, 0.2) is 17.2 Å². The van der Waals surface area contributed by atoms with E-state index in [9.17, 15) is 13.2 Å². The first kappa shape index (κ1) is 12.7. The molecule has 3 N–H and O–H groups in total. The van der Waals surface area contributed by atoms with E-state index in [1.165, 1.54) is 10.8 Å². The molecule has 0 amide bonds. The fourth-order valence-electron chi connectivity index (χ4n) is 1.29. The zero-order valence-electron chi connectivity index (χ0n) is 8.54. The summed E-state index contributed by atoms with van der Waals surface area (Å²) in [4.78, 5) is 11.7. The van der Waals surface area contributed by atoms with Crippen molar-refractivity contribution < 1.29 is 23.5 Å². The van der Waals surface area contributed by atoms with Crippen LogP contribution in [0.4, 0.5) is 0 Å². The van der Waals surface area contributed by atoms with E-state index < -0.39 is 16.0 Å². The summed E-state index contributed by atoms with van der Waals surface area (Å²) >= 11 is 0. The topological polar surface area (TPSA) is 109 Å². The summed E-state index contributed by atoms with van der Waals surface area (Å²) in [6, 6.07) is 0.997. The van der Waals surface area contributed by atoms with Gasteiger partial charge in [0, 0.05) is 12.7 Å². The van der Waals surface area contributed by atoms with Crippen molar-refractivity contribution in [3.63, 3.8) is 0 Å². The molecule has 0 saturated carbocycles. The Labute approximate surface area is 92.3 Å². The van der Waals surface area contributed by atoms with Crippen LogP contribution in [-0.2, 0) is 16.6 Å². The zero-order chi connectivity index (χ0) is 12.3. The molecule has 0 bridgehead atoms. The average Bonchev–Trinajstić information content (AvgIpc) is 2.63. The molecule has 0 saturated heterocycles. The number of rotatable bonds is 5. The first-order valence-electron chi connectivity index (χ1n) is 4.51. The Morgan fingerprint density at radius 1 is 1.56 bits per heavy atom. The third kappa shape index (κ3) is 2.40. The maximum absolute atomic E-state index is 11.2. The van der Waals surface area contributed by atoms with Crippen molar-refractivity contribution in [2.75, 3.05) is 0 Å². The number of carbonyl (C=O) groups is 1. The number of sulfonamides is 1. The molecule has 1 aromatic heterocycles. The highest BCUT2D eigenvalue weighted by atomic mass is 32.2. The molecule has 0 atom stereocenters. The fourth-order valence-corrected chi connectivity index (χ4v) is 1.93. The Hall–Kier alpha value is -1.38. The molecule has 8 heteroatoms. The highest BCUT2D eigenvalue weighted by Gasteiger charge is 2.20. The molecule has 0 aromatic carbocycles.